The van der Waals surface area contributed by atoms with Gasteiger partial charge in [-0.05, 0) is 140 Å². The average molecular weight is 1820 g/mol. The second-order valence-corrected chi connectivity index (χ2v) is 24.4. The molecule has 87 heavy (non-hydrogen) atoms. The third-order valence-electron chi connectivity index (χ3n) is 10.7. The fraction of sp³-hybridized carbons (Fsp3) is 0.250. The Morgan fingerprint density at radius 2 is 0.862 bits per heavy atom. The van der Waals surface area contributed by atoms with Crippen LogP contribution in [-0.4, -0.2) is 57.8 Å². The molecule has 0 fully saturated rings. The van der Waals surface area contributed by atoms with E-state index in [0.29, 0.717) is 28.3 Å². The normalized spacial score (nSPS) is 9.87. The Morgan fingerprint density at radius 3 is 1.36 bits per heavy atom. The van der Waals surface area contributed by atoms with Gasteiger partial charge in [0.1, 0.15) is 71.0 Å². The number of hydrogen-bond acceptors (Lipinski definition) is 26. The van der Waals surface area contributed by atoms with Crippen LogP contribution in [-0.2, 0) is 20.6 Å². The van der Waals surface area contributed by atoms with Gasteiger partial charge in [0, 0.05) is 65.2 Å². The van der Waals surface area contributed by atoms with Crippen LogP contribution in [0.3, 0.4) is 0 Å². The Morgan fingerprint density at radius 1 is 0.460 bits per heavy atom. The SMILES string of the molecule is Br.BrBr.C.C.C.C.C.C.Cc1c(N)c(N)c(Br)c2nsnc12.Cc1c([N+](=O)[O-])c([N+](=O)[O-])c(Br)c2nsnc12.Cc1c2c(c(Br)c3nsnc13)N=S=N2.Cc1ccc(Br)c2nsnc12.Cc1cccc(N)c1N.Cc1cccc2nsnc12.O=S(Cl)Cl. The standard InChI is InChI=1S/C7H3BrN4O4S.C7H3BrN4S2.C7H7BrN4S.C7H5BrN2S.C7H6N2S.C7H10N2.6CH4.Br2.BrH.Cl2OS/c1-2-4-5(10-17-9-4)3(8)7(12(15)16)6(2)11(13)14;1-2-4-6(11-13-9-4)3(8)7-5(2)10-14-12-7;1-2-4(9)5(10)3(8)7-6(2)11-13-12-7;1-4-2-3-5(8)7-6(4)9-11-10-7;1-5-3-2-4-6-7(5)9-10-8-6;1-5-3-2-4-6(8)7(5)9;;;;;;;1-2;;1-4(2)3/h1H3;1H3;9-10H2,1H3;2-3H,1H3;2-4H,1H3;2-4H,8-9H2,1H3;6*1H4;;1H;. The van der Waals surface area contributed by atoms with Crippen LogP contribution in [0.2, 0.25) is 0 Å². The van der Waals surface area contributed by atoms with Gasteiger partial charge in [-0.3, -0.25) is 20.2 Å². The molecule has 476 valence electrons. The summed E-state index contributed by atoms with van der Waals surface area (Å²) in [5.41, 5.74) is 39.2. The molecule has 1 aliphatic heterocycles. The van der Waals surface area contributed by atoms with E-state index in [4.69, 9.17) is 27.1 Å². The zero-order valence-electron chi connectivity index (χ0n) is 41.5. The molecule has 0 saturated heterocycles. The molecule has 0 unspecified atom stereocenters. The number of aromatic nitrogens is 10. The number of fused-ring (bicyclic) bond motifs is 6. The van der Waals surface area contributed by atoms with Crippen molar-refractivity contribution in [3.63, 3.8) is 0 Å². The number of benzene rings is 6. The maximum Gasteiger partial charge on any atom is 0.362 e. The van der Waals surface area contributed by atoms with Crippen molar-refractivity contribution >= 4 is 310 Å². The fourth-order valence-corrected chi connectivity index (χ4v) is 12.9. The summed E-state index contributed by atoms with van der Waals surface area (Å²) in [6.45, 7) is 11.3. The van der Waals surface area contributed by atoms with E-state index in [2.05, 4.69) is 166 Å². The average Bonchev–Trinajstić information content (AvgIpc) is 2.40. The summed E-state index contributed by atoms with van der Waals surface area (Å²) in [6, 6.07) is 15.7. The number of hydrogen-bond donors (Lipinski definition) is 4. The maximum absolute atomic E-state index is 10.9. The molecule has 12 rings (SSSR count). The summed E-state index contributed by atoms with van der Waals surface area (Å²) in [4.78, 5) is 20.2. The first-order valence-electron chi connectivity index (χ1n) is 21.2. The van der Waals surface area contributed by atoms with Crippen molar-refractivity contribution in [2.45, 2.75) is 86.1 Å². The van der Waals surface area contributed by atoms with E-state index in [1.807, 2.05) is 77.1 Å². The van der Waals surface area contributed by atoms with Crippen LogP contribution in [0.25, 0.3) is 55.2 Å². The van der Waals surface area contributed by atoms with E-state index >= 15 is 0 Å². The molecule has 5 aromatic heterocycles. The van der Waals surface area contributed by atoms with Gasteiger partial charge in [0.25, 0.3) is 0 Å². The van der Waals surface area contributed by atoms with Gasteiger partial charge in [0.2, 0.25) is 9.23 Å². The number of nitro groups is 2. The van der Waals surface area contributed by atoms with E-state index in [1.54, 1.807) is 6.07 Å². The second-order valence-electron chi connectivity index (χ2n) is 15.5. The number of rotatable bonds is 2. The minimum Gasteiger partial charge on any atom is -0.397 e. The predicted octanol–water partition coefficient (Wildman–Crippen LogP) is 21.0. The number of nitrogens with two attached hydrogens (primary N) is 4. The van der Waals surface area contributed by atoms with Gasteiger partial charge in [0.05, 0.1) is 117 Å². The largest absolute Gasteiger partial charge is 0.397 e. The number of nitrogen functional groups attached to an aromatic ring is 4. The Balaban J connectivity index is -0.000000949. The van der Waals surface area contributed by atoms with Crippen LogP contribution < -0.4 is 22.9 Å². The highest BCUT2D eigenvalue weighted by atomic mass is 80.9. The van der Waals surface area contributed by atoms with E-state index in [0.717, 1.165) is 109 Å². The van der Waals surface area contributed by atoms with Crippen LogP contribution in [0, 0.1) is 61.8 Å². The third-order valence-corrected chi connectivity index (χ3v) is 16.8. The van der Waals surface area contributed by atoms with Gasteiger partial charge in [-0.15, -0.1) is 17.0 Å². The minimum absolute atomic E-state index is 0. The fourth-order valence-electron chi connectivity index (χ4n) is 6.61. The molecule has 8 N–H and O–H groups in total. The van der Waals surface area contributed by atoms with Crippen molar-refractivity contribution in [3.05, 3.63) is 120 Å². The number of anilines is 4. The minimum atomic E-state index is -1.67. The molecule has 0 radical (unpaired) electrons. The maximum atomic E-state index is 10.9. The molecule has 6 aromatic carbocycles. The van der Waals surface area contributed by atoms with Crippen LogP contribution in [0.4, 0.5) is 45.5 Å². The highest BCUT2D eigenvalue weighted by molar-refractivity contribution is 9.93. The Hall–Kier alpha value is -3.67. The summed E-state index contributed by atoms with van der Waals surface area (Å²) in [6.07, 6.45) is 0. The molecule has 0 atom stereocenters. The van der Waals surface area contributed by atoms with Crippen LogP contribution in [0.1, 0.15) is 77.9 Å². The molecule has 0 saturated carbocycles. The van der Waals surface area contributed by atoms with Crippen molar-refractivity contribution in [2.24, 2.45) is 8.73 Å². The van der Waals surface area contributed by atoms with E-state index in [-0.39, 0.29) is 77.1 Å². The molecule has 0 bridgehead atoms. The first-order chi connectivity index (χ1) is 38.0. The van der Waals surface area contributed by atoms with Crippen LogP contribution in [0.5, 0.6) is 0 Å². The van der Waals surface area contributed by atoms with Crippen molar-refractivity contribution in [3.8, 4) is 0 Å². The van der Waals surface area contributed by atoms with Crippen molar-refractivity contribution in [2.75, 3.05) is 22.9 Å². The van der Waals surface area contributed by atoms with E-state index < -0.39 is 30.4 Å². The Kier molecular flexibility index (Phi) is 41.2. The zero-order chi connectivity index (χ0) is 59.3. The van der Waals surface area contributed by atoms with Crippen molar-refractivity contribution in [1.29, 1.82) is 0 Å². The number of halogens is 9. The van der Waals surface area contributed by atoms with Gasteiger partial charge >= 0.3 is 11.4 Å². The zero-order valence-corrected chi connectivity index (χ0v) is 60.0. The summed E-state index contributed by atoms with van der Waals surface area (Å²) in [7, 11) is 7.36. The van der Waals surface area contributed by atoms with Gasteiger partial charge in [0.15, 0.2) is 0 Å². The van der Waals surface area contributed by atoms with Crippen molar-refractivity contribution < 1.29 is 14.1 Å². The number of aryl methyl sites for hydroxylation is 6. The van der Waals surface area contributed by atoms with Gasteiger partial charge in [-0.2, -0.15) is 52.5 Å². The molecule has 1 aliphatic rings. The number of nitrogens with zero attached hydrogens (tertiary/aromatic N) is 14. The third kappa shape index (κ3) is 21.5. The van der Waals surface area contributed by atoms with Gasteiger partial charge in [-0.1, -0.05) is 74.9 Å². The summed E-state index contributed by atoms with van der Waals surface area (Å²) >= 11 is 25.7. The lowest BCUT2D eigenvalue weighted by atomic mass is 10.1. The number of nitro benzene ring substituents is 2. The van der Waals surface area contributed by atoms with Crippen LogP contribution >= 0.6 is 189 Å². The lowest BCUT2D eigenvalue weighted by Gasteiger charge is -2.06. The molecule has 0 spiro atoms. The molecule has 23 nitrogen and oxygen atoms in total. The Bertz CT molecular complexity index is 3970. The van der Waals surface area contributed by atoms with Crippen molar-refractivity contribution in [1.82, 2.24) is 43.7 Å². The molecule has 0 aliphatic carbocycles. The molecule has 11 aromatic rings. The monoisotopic (exact) mass is 1810 g/mol. The number of para-hydroxylation sites is 1. The van der Waals surface area contributed by atoms with E-state index in [1.165, 1.54) is 64.6 Å². The molecular weight excluding hydrogens is 1760 g/mol. The quantitative estimate of drug-likeness (QED) is 0.0540. The van der Waals surface area contributed by atoms with E-state index in [9.17, 15) is 20.2 Å². The second kappa shape index (κ2) is 40.9. The summed E-state index contributed by atoms with van der Waals surface area (Å²) < 4.78 is 61.3. The summed E-state index contributed by atoms with van der Waals surface area (Å²) in [5.74, 6) is 0. The first kappa shape index (κ1) is 87.5. The lowest BCUT2D eigenvalue weighted by molar-refractivity contribution is -0.423. The van der Waals surface area contributed by atoms with Gasteiger partial charge in [-0.25, -0.2) is 4.21 Å². The highest BCUT2D eigenvalue weighted by Gasteiger charge is 2.35. The molecule has 39 heteroatoms. The Labute approximate surface area is 598 Å². The van der Waals surface area contributed by atoms with Crippen LogP contribution in [0.15, 0.2) is 75.1 Å². The highest BCUT2D eigenvalue weighted by Crippen LogP contribution is 2.46. The van der Waals surface area contributed by atoms with Gasteiger partial charge < -0.3 is 22.9 Å². The molecule has 6 heterocycles. The molecule has 0 amide bonds. The first-order valence-corrected chi connectivity index (χ1v) is 35.3. The topological polar surface area (TPSA) is 361 Å². The summed E-state index contributed by atoms with van der Waals surface area (Å²) in [5, 5.41) is 21.8. The predicted molar refractivity (Wildman–Crippen MR) is 404 cm³/mol. The lowest BCUT2D eigenvalue weighted by Crippen LogP contribution is -2.01. The molecular formula is C48H59Br7Cl2N18O5S7. The smallest absolute Gasteiger partial charge is 0.362 e.